The molecule has 0 aromatic carbocycles. The van der Waals surface area contributed by atoms with E-state index in [2.05, 4.69) is 27.7 Å². The Hall–Kier alpha value is -0.0400. The van der Waals surface area contributed by atoms with E-state index in [9.17, 15) is 0 Å². The Morgan fingerprint density at radius 2 is 1.50 bits per heavy atom. The molecule has 1 heteroatoms. The maximum Gasteiger partial charge on any atom is 0.0848 e. The first-order valence-electron chi connectivity index (χ1n) is 4.09. The summed E-state index contributed by atoms with van der Waals surface area (Å²) in [6, 6.07) is 0. The first kappa shape index (κ1) is 6.66. The van der Waals surface area contributed by atoms with Gasteiger partial charge in [-0.3, -0.25) is 0 Å². The summed E-state index contributed by atoms with van der Waals surface area (Å²) in [4.78, 5) is 0. The topological polar surface area (TPSA) is 12.5 Å². The first-order chi connectivity index (χ1) is 4.48. The van der Waals surface area contributed by atoms with Crippen molar-refractivity contribution in [3.8, 4) is 0 Å². The molecule has 1 aliphatic heterocycles. The molecule has 10 heavy (non-hydrogen) atoms. The van der Waals surface area contributed by atoms with Crippen LogP contribution in [-0.2, 0) is 4.74 Å². The summed E-state index contributed by atoms with van der Waals surface area (Å²) in [6.07, 6.45) is 0.602. The van der Waals surface area contributed by atoms with Crippen molar-refractivity contribution in [2.45, 2.75) is 33.8 Å². The van der Waals surface area contributed by atoms with Gasteiger partial charge in [-0.15, -0.1) is 0 Å². The minimum Gasteiger partial charge on any atom is -0.373 e. The van der Waals surface area contributed by atoms with Crippen molar-refractivity contribution >= 4 is 0 Å². The molecule has 1 aliphatic carbocycles. The summed E-state index contributed by atoms with van der Waals surface area (Å²) in [6.45, 7) is 10.4. The Bertz CT molecular complexity index is 152. The molecule has 2 aliphatic rings. The van der Waals surface area contributed by atoms with Crippen molar-refractivity contribution in [2.75, 3.05) is 6.61 Å². The van der Waals surface area contributed by atoms with E-state index in [-0.39, 0.29) is 0 Å². The highest BCUT2D eigenvalue weighted by Crippen LogP contribution is 2.71. The highest BCUT2D eigenvalue weighted by molar-refractivity contribution is 5.17. The molecule has 0 spiro atoms. The SMILES string of the molecule is CC1(C)C([C@H]2CO2)C1(C)C. The third-order valence-electron chi connectivity index (χ3n) is 3.86. The largest absolute Gasteiger partial charge is 0.373 e. The van der Waals surface area contributed by atoms with Crippen LogP contribution in [0, 0.1) is 16.7 Å². The van der Waals surface area contributed by atoms with E-state index in [1.54, 1.807) is 0 Å². The third kappa shape index (κ3) is 0.572. The molecule has 2 fully saturated rings. The molecule has 0 unspecified atom stereocenters. The molecular formula is C9H16O. The predicted octanol–water partition coefficient (Wildman–Crippen LogP) is 2.07. The van der Waals surface area contributed by atoms with Crippen LogP contribution in [0.3, 0.4) is 0 Å². The van der Waals surface area contributed by atoms with Gasteiger partial charge in [0.1, 0.15) is 0 Å². The van der Waals surface area contributed by atoms with Crippen molar-refractivity contribution in [1.82, 2.24) is 0 Å². The van der Waals surface area contributed by atoms with Gasteiger partial charge in [-0.2, -0.15) is 0 Å². The zero-order chi connectivity index (χ0) is 7.57. The van der Waals surface area contributed by atoms with Gasteiger partial charge < -0.3 is 4.74 Å². The zero-order valence-electron chi connectivity index (χ0n) is 7.27. The van der Waals surface area contributed by atoms with Crippen molar-refractivity contribution in [3.05, 3.63) is 0 Å². The quantitative estimate of drug-likeness (QED) is 0.508. The molecule has 1 heterocycles. The molecule has 1 saturated heterocycles. The van der Waals surface area contributed by atoms with Crippen LogP contribution in [0.4, 0.5) is 0 Å². The van der Waals surface area contributed by atoms with Crippen molar-refractivity contribution in [2.24, 2.45) is 16.7 Å². The van der Waals surface area contributed by atoms with E-state index < -0.39 is 0 Å². The van der Waals surface area contributed by atoms with Gasteiger partial charge in [0.05, 0.1) is 12.7 Å². The number of epoxide rings is 1. The average Bonchev–Trinajstić information content (AvgIpc) is 2.53. The standard InChI is InChI=1S/C9H16O/c1-8(2)7(6-5-10-6)9(8,3)4/h6-7H,5H2,1-4H3/t6-/m1/s1. The third-order valence-corrected chi connectivity index (χ3v) is 3.86. The molecule has 1 atom stereocenters. The van der Waals surface area contributed by atoms with E-state index in [0.717, 1.165) is 12.5 Å². The van der Waals surface area contributed by atoms with Crippen molar-refractivity contribution in [3.63, 3.8) is 0 Å². The highest BCUT2D eigenvalue weighted by atomic mass is 16.6. The summed E-state index contributed by atoms with van der Waals surface area (Å²) < 4.78 is 5.30. The van der Waals surface area contributed by atoms with E-state index in [1.165, 1.54) is 0 Å². The van der Waals surface area contributed by atoms with Gasteiger partial charge >= 0.3 is 0 Å². The van der Waals surface area contributed by atoms with E-state index >= 15 is 0 Å². The molecule has 0 aromatic heterocycles. The zero-order valence-corrected chi connectivity index (χ0v) is 7.27. The van der Waals surface area contributed by atoms with Crippen LogP contribution in [-0.4, -0.2) is 12.7 Å². The monoisotopic (exact) mass is 140 g/mol. The highest BCUT2D eigenvalue weighted by Gasteiger charge is 2.69. The number of ether oxygens (including phenoxy) is 1. The van der Waals surface area contributed by atoms with Crippen LogP contribution >= 0.6 is 0 Å². The Kier molecular flexibility index (Phi) is 0.949. The van der Waals surface area contributed by atoms with Crippen LogP contribution in [0.15, 0.2) is 0 Å². The lowest BCUT2D eigenvalue weighted by molar-refractivity contribution is 0.356. The van der Waals surface area contributed by atoms with E-state index in [1.807, 2.05) is 0 Å². The summed E-state index contributed by atoms with van der Waals surface area (Å²) in [5.74, 6) is 0.819. The summed E-state index contributed by atoms with van der Waals surface area (Å²) in [7, 11) is 0. The molecule has 1 nitrogen and oxygen atoms in total. The van der Waals surface area contributed by atoms with Gasteiger partial charge in [0.15, 0.2) is 0 Å². The lowest BCUT2D eigenvalue weighted by Gasteiger charge is -2.03. The molecular weight excluding hydrogens is 124 g/mol. The normalized spacial score (nSPS) is 41.4. The van der Waals surface area contributed by atoms with Crippen LogP contribution in [0.5, 0.6) is 0 Å². The fourth-order valence-electron chi connectivity index (χ4n) is 2.42. The van der Waals surface area contributed by atoms with Crippen molar-refractivity contribution in [1.29, 1.82) is 0 Å². The van der Waals surface area contributed by atoms with Gasteiger partial charge in [-0.25, -0.2) is 0 Å². The molecule has 0 N–H and O–H groups in total. The van der Waals surface area contributed by atoms with Crippen molar-refractivity contribution < 1.29 is 4.74 Å². The smallest absolute Gasteiger partial charge is 0.0848 e. The van der Waals surface area contributed by atoms with Gasteiger partial charge in [-0.1, -0.05) is 27.7 Å². The second-order valence-corrected chi connectivity index (χ2v) is 4.79. The molecule has 0 amide bonds. The second-order valence-electron chi connectivity index (χ2n) is 4.79. The lowest BCUT2D eigenvalue weighted by Crippen LogP contribution is -1.96. The maximum absolute atomic E-state index is 5.30. The number of hydrogen-bond donors (Lipinski definition) is 0. The van der Waals surface area contributed by atoms with E-state index in [4.69, 9.17) is 4.74 Å². The Morgan fingerprint density at radius 3 is 1.60 bits per heavy atom. The van der Waals surface area contributed by atoms with Crippen LogP contribution in [0.2, 0.25) is 0 Å². The molecule has 58 valence electrons. The van der Waals surface area contributed by atoms with Gasteiger partial charge in [0.25, 0.3) is 0 Å². The molecule has 0 bridgehead atoms. The molecule has 1 saturated carbocycles. The Morgan fingerprint density at radius 1 is 1.10 bits per heavy atom. The van der Waals surface area contributed by atoms with Crippen LogP contribution in [0.1, 0.15) is 27.7 Å². The van der Waals surface area contributed by atoms with Gasteiger partial charge in [-0.05, 0) is 16.7 Å². The molecule has 0 aromatic rings. The number of hydrogen-bond acceptors (Lipinski definition) is 1. The maximum atomic E-state index is 5.30. The van der Waals surface area contributed by atoms with Gasteiger partial charge in [0, 0.05) is 0 Å². The van der Waals surface area contributed by atoms with Crippen LogP contribution in [0.25, 0.3) is 0 Å². The number of rotatable bonds is 1. The molecule has 0 radical (unpaired) electrons. The summed E-state index contributed by atoms with van der Waals surface area (Å²) >= 11 is 0. The fraction of sp³-hybridized carbons (Fsp3) is 1.00. The fourth-order valence-corrected chi connectivity index (χ4v) is 2.42. The van der Waals surface area contributed by atoms with Gasteiger partial charge in [0.2, 0.25) is 0 Å². The lowest BCUT2D eigenvalue weighted by atomic mass is 10.0. The summed E-state index contributed by atoms with van der Waals surface area (Å²) in [5.41, 5.74) is 1.04. The first-order valence-corrected chi connectivity index (χ1v) is 4.09. The average molecular weight is 140 g/mol. The second kappa shape index (κ2) is 1.42. The molecule has 2 rings (SSSR count). The van der Waals surface area contributed by atoms with E-state index in [0.29, 0.717) is 16.9 Å². The predicted molar refractivity (Wildman–Crippen MR) is 40.8 cm³/mol. The van der Waals surface area contributed by atoms with Crippen LogP contribution < -0.4 is 0 Å². The minimum atomic E-state index is 0.522. The Labute approximate surface area is 62.8 Å². The summed E-state index contributed by atoms with van der Waals surface area (Å²) in [5, 5.41) is 0. The minimum absolute atomic E-state index is 0.522. The Balaban J connectivity index is 2.14.